The lowest BCUT2D eigenvalue weighted by atomic mass is 9.48. The van der Waals surface area contributed by atoms with E-state index in [9.17, 15) is 14.4 Å². The van der Waals surface area contributed by atoms with E-state index >= 15 is 0 Å². The maximum absolute atomic E-state index is 13.3. The number of carbonyl (C=O) groups is 3. The van der Waals surface area contributed by atoms with Gasteiger partial charge in [0.15, 0.2) is 5.78 Å². The number of ether oxygens (including phenoxy) is 2. The van der Waals surface area contributed by atoms with Gasteiger partial charge in [0.25, 0.3) is 0 Å². The number of ketones is 1. The third kappa shape index (κ3) is 1.92. The van der Waals surface area contributed by atoms with Crippen LogP contribution >= 0.6 is 0 Å². The van der Waals surface area contributed by atoms with Crippen molar-refractivity contribution in [3.8, 4) is 0 Å². The molecular weight excluding hydrogens is 320 g/mol. The van der Waals surface area contributed by atoms with Crippen LogP contribution in [0.3, 0.4) is 0 Å². The van der Waals surface area contributed by atoms with Crippen molar-refractivity contribution in [3.05, 3.63) is 12.2 Å². The molecule has 4 rings (SSSR count). The molecule has 0 radical (unpaired) electrons. The Morgan fingerprint density at radius 2 is 1.56 bits per heavy atom. The first-order chi connectivity index (χ1) is 11.8. The van der Waals surface area contributed by atoms with Crippen LogP contribution in [0.25, 0.3) is 0 Å². The first kappa shape index (κ1) is 16.8. The van der Waals surface area contributed by atoms with Crippen molar-refractivity contribution >= 4 is 17.7 Å². The van der Waals surface area contributed by atoms with Crippen molar-refractivity contribution in [1.29, 1.82) is 0 Å². The minimum atomic E-state index is -0.827. The molecule has 136 valence electrons. The SMILES string of the molecule is CC1(C2(C)C(=O)CC(=O)OC23CCCC3)CCCC12CC=CC(=O)O2. The van der Waals surface area contributed by atoms with Crippen LogP contribution in [-0.4, -0.2) is 28.9 Å². The molecule has 2 aliphatic carbocycles. The highest BCUT2D eigenvalue weighted by Crippen LogP contribution is 2.68. The van der Waals surface area contributed by atoms with Crippen LogP contribution in [-0.2, 0) is 23.9 Å². The standard InChI is InChI=1S/C20H26O5/c1-17(8-6-12-19(17)11-5-7-15(22)24-19)18(2)14(21)13-16(23)25-20(18)9-3-4-10-20/h5,7H,3-4,6,8-13H2,1-2H3. The molecule has 3 fully saturated rings. The molecule has 0 bridgehead atoms. The molecule has 0 aromatic heterocycles. The highest BCUT2D eigenvalue weighted by Gasteiger charge is 2.74. The molecule has 5 heteroatoms. The van der Waals surface area contributed by atoms with Crippen LogP contribution in [0, 0.1) is 10.8 Å². The van der Waals surface area contributed by atoms with Gasteiger partial charge in [-0.15, -0.1) is 0 Å². The van der Waals surface area contributed by atoms with Crippen molar-refractivity contribution in [3.63, 3.8) is 0 Å². The normalized spacial score (nSPS) is 42.9. The number of esters is 2. The third-order valence-electron chi connectivity index (χ3n) is 7.86. The second-order valence-corrected chi connectivity index (χ2v) is 8.61. The van der Waals surface area contributed by atoms with Crippen molar-refractivity contribution in [2.45, 2.75) is 82.8 Å². The summed E-state index contributed by atoms with van der Waals surface area (Å²) >= 11 is 0. The van der Waals surface area contributed by atoms with Crippen LogP contribution < -0.4 is 0 Å². The molecule has 2 saturated carbocycles. The molecule has 0 aromatic rings. The van der Waals surface area contributed by atoms with E-state index in [1.54, 1.807) is 0 Å². The van der Waals surface area contributed by atoms with E-state index < -0.39 is 28.0 Å². The fraction of sp³-hybridized carbons (Fsp3) is 0.750. The van der Waals surface area contributed by atoms with Gasteiger partial charge >= 0.3 is 11.9 Å². The Morgan fingerprint density at radius 3 is 2.24 bits per heavy atom. The van der Waals surface area contributed by atoms with Crippen molar-refractivity contribution in [2.75, 3.05) is 0 Å². The number of rotatable bonds is 1. The molecule has 4 aliphatic rings. The summed E-state index contributed by atoms with van der Waals surface area (Å²) in [6.45, 7) is 4.07. The van der Waals surface area contributed by atoms with E-state index in [1.807, 2.05) is 13.0 Å². The Kier molecular flexibility index (Phi) is 3.48. The van der Waals surface area contributed by atoms with E-state index in [2.05, 4.69) is 6.92 Å². The maximum Gasteiger partial charge on any atom is 0.331 e. The summed E-state index contributed by atoms with van der Waals surface area (Å²) in [5, 5.41) is 0. The fourth-order valence-electron chi connectivity index (χ4n) is 6.32. The topological polar surface area (TPSA) is 69.7 Å². The van der Waals surface area contributed by atoms with Crippen LogP contribution in [0.5, 0.6) is 0 Å². The molecule has 0 amide bonds. The lowest BCUT2D eigenvalue weighted by Gasteiger charge is -2.60. The van der Waals surface area contributed by atoms with Gasteiger partial charge in [-0.05, 0) is 51.9 Å². The number of carbonyl (C=O) groups excluding carboxylic acids is 3. The maximum atomic E-state index is 13.3. The molecule has 3 unspecified atom stereocenters. The summed E-state index contributed by atoms with van der Waals surface area (Å²) in [4.78, 5) is 37.5. The van der Waals surface area contributed by atoms with Crippen molar-refractivity contribution in [2.24, 2.45) is 10.8 Å². The van der Waals surface area contributed by atoms with Gasteiger partial charge in [0.1, 0.15) is 17.6 Å². The second-order valence-electron chi connectivity index (χ2n) is 8.61. The summed E-state index contributed by atoms with van der Waals surface area (Å²) in [7, 11) is 0. The van der Waals surface area contributed by atoms with Crippen LogP contribution in [0.2, 0.25) is 0 Å². The molecule has 3 atom stereocenters. The zero-order chi connectivity index (χ0) is 17.9. The summed E-state index contributed by atoms with van der Waals surface area (Å²) in [5.41, 5.74) is -2.80. The van der Waals surface area contributed by atoms with Gasteiger partial charge in [-0.3, -0.25) is 9.59 Å². The van der Waals surface area contributed by atoms with Gasteiger partial charge < -0.3 is 9.47 Å². The van der Waals surface area contributed by atoms with Gasteiger partial charge in [0.05, 0.1) is 5.41 Å². The van der Waals surface area contributed by atoms with Gasteiger partial charge in [-0.2, -0.15) is 0 Å². The van der Waals surface area contributed by atoms with E-state index in [1.165, 1.54) is 6.08 Å². The lowest BCUT2D eigenvalue weighted by molar-refractivity contribution is -0.235. The average Bonchev–Trinajstić information content (AvgIpc) is 3.12. The second kappa shape index (κ2) is 5.18. The first-order valence-electron chi connectivity index (χ1n) is 9.43. The van der Waals surface area contributed by atoms with E-state index in [4.69, 9.17) is 9.47 Å². The Hall–Kier alpha value is -1.65. The predicted octanol–water partition coefficient (Wildman–Crippen LogP) is 3.25. The lowest BCUT2D eigenvalue weighted by Crippen LogP contribution is -2.69. The molecule has 1 saturated heterocycles. The minimum Gasteiger partial charge on any atom is -0.458 e. The molecule has 0 N–H and O–H groups in total. The Morgan fingerprint density at radius 1 is 0.880 bits per heavy atom. The highest BCUT2D eigenvalue weighted by molar-refractivity contribution is 6.02. The van der Waals surface area contributed by atoms with Crippen molar-refractivity contribution in [1.82, 2.24) is 0 Å². The van der Waals surface area contributed by atoms with Gasteiger partial charge in [0.2, 0.25) is 0 Å². The minimum absolute atomic E-state index is 0.0416. The number of Topliss-reactive ketones (excluding diaryl/α,β-unsaturated/α-hetero) is 1. The largest absolute Gasteiger partial charge is 0.458 e. The van der Waals surface area contributed by atoms with Gasteiger partial charge in [0, 0.05) is 17.9 Å². The molecule has 2 aliphatic heterocycles. The number of hydrogen-bond donors (Lipinski definition) is 0. The predicted molar refractivity (Wildman–Crippen MR) is 89.6 cm³/mol. The highest BCUT2D eigenvalue weighted by atomic mass is 16.6. The summed E-state index contributed by atoms with van der Waals surface area (Å²) in [6.07, 6.45) is 9.62. The molecule has 2 spiro atoms. The monoisotopic (exact) mass is 346 g/mol. The third-order valence-corrected chi connectivity index (χ3v) is 7.86. The van der Waals surface area contributed by atoms with E-state index in [-0.39, 0.29) is 18.2 Å². The molecule has 0 aromatic carbocycles. The fourth-order valence-corrected chi connectivity index (χ4v) is 6.32. The Labute approximate surface area is 148 Å². The summed E-state index contributed by atoms with van der Waals surface area (Å²) < 4.78 is 11.9. The summed E-state index contributed by atoms with van der Waals surface area (Å²) in [6, 6.07) is 0. The molecule has 25 heavy (non-hydrogen) atoms. The summed E-state index contributed by atoms with van der Waals surface area (Å²) in [5.74, 6) is -0.774. The molecular formula is C20H26O5. The molecule has 5 nitrogen and oxygen atoms in total. The Bertz CT molecular complexity index is 674. The van der Waals surface area contributed by atoms with E-state index in [0.29, 0.717) is 6.42 Å². The zero-order valence-electron chi connectivity index (χ0n) is 15.1. The average molecular weight is 346 g/mol. The Balaban J connectivity index is 1.87. The van der Waals surface area contributed by atoms with Crippen LogP contribution in [0.4, 0.5) is 0 Å². The van der Waals surface area contributed by atoms with E-state index in [0.717, 1.165) is 44.9 Å². The quantitative estimate of drug-likeness (QED) is 0.538. The molecule has 2 heterocycles. The first-order valence-corrected chi connectivity index (χ1v) is 9.43. The van der Waals surface area contributed by atoms with Crippen molar-refractivity contribution < 1.29 is 23.9 Å². The van der Waals surface area contributed by atoms with Gasteiger partial charge in [-0.1, -0.05) is 13.0 Å². The van der Waals surface area contributed by atoms with Crippen LogP contribution in [0.1, 0.15) is 71.6 Å². The smallest absolute Gasteiger partial charge is 0.331 e. The zero-order valence-corrected chi connectivity index (χ0v) is 15.1. The number of hydrogen-bond acceptors (Lipinski definition) is 5. The van der Waals surface area contributed by atoms with Gasteiger partial charge in [-0.25, -0.2) is 4.79 Å². The van der Waals surface area contributed by atoms with Crippen LogP contribution in [0.15, 0.2) is 12.2 Å².